The SMILES string of the molecule is CC/C=C\C/C=C\C/C=C\C/C=C\C/C=C\C/C=C\C/C=C\CCCCCCCCCCCCCCCCCC(=O)OC(COC(=O)CCCCCCC/C=C\C/C=C\CCCCCC)COC(OCC[N+](C)(C)C)C(=O)O. The smallest absolute Gasteiger partial charge is 0.361 e. The molecule has 0 bridgehead atoms. The fourth-order valence-corrected chi connectivity index (χ4v) is 8.44. The lowest BCUT2D eigenvalue weighted by atomic mass is 10.0. The molecule has 0 saturated heterocycles. The maximum absolute atomic E-state index is 12.9. The van der Waals surface area contributed by atoms with Gasteiger partial charge in [0.15, 0.2) is 6.10 Å². The Kier molecular flexibility index (Phi) is 56.0. The van der Waals surface area contributed by atoms with Gasteiger partial charge in [-0.15, -0.1) is 0 Å². The molecule has 0 aliphatic rings. The number of esters is 2. The molecule has 0 amide bonds. The normalized spacial score (nSPS) is 13.5. The highest BCUT2D eigenvalue weighted by atomic mass is 16.7. The minimum absolute atomic E-state index is 0.182. The molecule has 0 aliphatic heterocycles. The zero-order valence-corrected chi connectivity index (χ0v) is 50.8. The van der Waals surface area contributed by atoms with Gasteiger partial charge in [-0.05, 0) is 103 Å². The van der Waals surface area contributed by atoms with Gasteiger partial charge in [0.25, 0.3) is 6.29 Å². The molecule has 0 saturated carbocycles. The molecule has 0 aliphatic carbocycles. The van der Waals surface area contributed by atoms with Crippen molar-refractivity contribution in [3.05, 3.63) is 109 Å². The van der Waals surface area contributed by atoms with E-state index >= 15 is 0 Å². The quantitative estimate of drug-likeness (QED) is 0.0211. The number of rotatable bonds is 57. The van der Waals surface area contributed by atoms with Crippen LogP contribution in [0.25, 0.3) is 0 Å². The summed E-state index contributed by atoms with van der Waals surface area (Å²) in [7, 11) is 5.96. The monoisotopic (exact) mass is 1090 g/mol. The third-order valence-electron chi connectivity index (χ3n) is 13.3. The Morgan fingerprint density at radius 2 is 0.731 bits per heavy atom. The molecule has 2 unspecified atom stereocenters. The lowest BCUT2D eigenvalue weighted by Gasteiger charge is -2.25. The summed E-state index contributed by atoms with van der Waals surface area (Å²) in [5, 5.41) is 9.71. The lowest BCUT2D eigenvalue weighted by Crippen LogP contribution is -2.40. The molecule has 0 radical (unpaired) electrons. The number of allylic oxidation sites excluding steroid dienone is 18. The Hall–Kier alpha value is -4.05. The number of carboxylic acid groups (broad SMARTS) is 1. The molecule has 0 aromatic rings. The van der Waals surface area contributed by atoms with E-state index < -0.39 is 24.3 Å². The first-order chi connectivity index (χ1) is 38.1. The fraction of sp³-hybridized carbons (Fsp3) is 0.696. The summed E-state index contributed by atoms with van der Waals surface area (Å²) < 4.78 is 22.9. The highest BCUT2D eigenvalue weighted by molar-refractivity contribution is 5.71. The molecule has 0 aromatic heterocycles. The number of aliphatic carboxylic acids is 1. The van der Waals surface area contributed by atoms with Crippen LogP contribution in [0.2, 0.25) is 0 Å². The summed E-state index contributed by atoms with van der Waals surface area (Å²) in [5.41, 5.74) is 0. The number of unbranched alkanes of at least 4 members (excludes halogenated alkanes) is 24. The summed E-state index contributed by atoms with van der Waals surface area (Å²) in [4.78, 5) is 37.4. The number of likely N-dealkylation sites (N-methyl/N-ethyl adjacent to an activating group) is 1. The molecule has 9 heteroatoms. The topological polar surface area (TPSA) is 108 Å². The van der Waals surface area contributed by atoms with Gasteiger partial charge < -0.3 is 28.5 Å². The highest BCUT2D eigenvalue weighted by Gasteiger charge is 2.25. The number of carboxylic acids is 1. The van der Waals surface area contributed by atoms with Crippen molar-refractivity contribution in [2.45, 2.75) is 264 Å². The molecule has 0 aromatic carbocycles. The van der Waals surface area contributed by atoms with E-state index in [1.165, 1.54) is 116 Å². The Balaban J connectivity index is 4.12. The Morgan fingerprint density at radius 3 is 1.09 bits per heavy atom. The second-order valence-corrected chi connectivity index (χ2v) is 22.0. The molecule has 0 spiro atoms. The van der Waals surface area contributed by atoms with E-state index in [1.807, 2.05) is 21.1 Å². The first kappa shape index (κ1) is 74.0. The number of hydrogen-bond acceptors (Lipinski definition) is 7. The van der Waals surface area contributed by atoms with Gasteiger partial charge in [0.1, 0.15) is 13.2 Å². The first-order valence-electron chi connectivity index (χ1n) is 31.6. The standard InChI is InChI=1S/C69H117NO8/c1-6-8-10-12-14-16-18-20-22-24-25-26-27-28-29-30-31-32-33-34-35-36-37-38-39-40-41-42-43-44-46-48-50-52-54-56-58-60-67(72)78-65(64-77-69(68(73)74)75-62-61-70(3,4)5)63-76-66(71)59-57-55-53-51-49-47-45-23-21-19-17-15-13-11-9-7-2/h8,10,14,16-17,19-20,22-23,25-26,28-29,31-32,34-35,45,65,69H,6-7,9,11-13,15,18,21,24,27,30,33,36-44,46-64H2,1-5H3/p+1/b10-8-,16-14-,19-17-,22-20-,26-25-,29-28-,32-31-,35-34-,45-23-. The number of ether oxygens (including phenoxy) is 4. The predicted octanol–water partition coefficient (Wildman–Crippen LogP) is 19.1. The van der Waals surface area contributed by atoms with E-state index in [9.17, 15) is 19.5 Å². The largest absolute Gasteiger partial charge is 0.477 e. The Bertz CT molecular complexity index is 1640. The van der Waals surface area contributed by atoms with Crippen LogP contribution in [-0.4, -0.2) is 87.4 Å². The second kappa shape index (κ2) is 59.1. The zero-order valence-electron chi connectivity index (χ0n) is 50.8. The molecule has 0 rings (SSSR count). The highest BCUT2D eigenvalue weighted by Crippen LogP contribution is 2.16. The van der Waals surface area contributed by atoms with Crippen LogP contribution in [0.15, 0.2) is 109 Å². The Labute approximate surface area is 479 Å². The average molecular weight is 1090 g/mol. The van der Waals surface area contributed by atoms with Crippen LogP contribution in [0.5, 0.6) is 0 Å². The van der Waals surface area contributed by atoms with Crippen LogP contribution in [0.4, 0.5) is 0 Å². The maximum atomic E-state index is 12.9. The Morgan fingerprint density at radius 1 is 0.397 bits per heavy atom. The van der Waals surface area contributed by atoms with Crippen LogP contribution in [0, 0.1) is 0 Å². The number of hydrogen-bond donors (Lipinski definition) is 1. The summed E-state index contributed by atoms with van der Waals surface area (Å²) in [6.07, 6.45) is 79.0. The molecule has 2 atom stereocenters. The fourth-order valence-electron chi connectivity index (χ4n) is 8.44. The van der Waals surface area contributed by atoms with Gasteiger partial charge in [-0.2, -0.15) is 0 Å². The van der Waals surface area contributed by atoms with Crippen molar-refractivity contribution in [2.75, 3.05) is 47.5 Å². The van der Waals surface area contributed by atoms with E-state index in [-0.39, 0.29) is 38.6 Å². The average Bonchev–Trinajstić information content (AvgIpc) is 3.41. The van der Waals surface area contributed by atoms with Crippen LogP contribution in [-0.2, 0) is 33.3 Å². The van der Waals surface area contributed by atoms with Gasteiger partial charge in [-0.25, -0.2) is 4.79 Å². The molecule has 9 nitrogen and oxygen atoms in total. The van der Waals surface area contributed by atoms with E-state index in [4.69, 9.17) is 18.9 Å². The molecule has 446 valence electrons. The molecule has 1 N–H and O–H groups in total. The summed E-state index contributed by atoms with van der Waals surface area (Å²) in [6.45, 7) is 4.73. The van der Waals surface area contributed by atoms with Gasteiger partial charge in [0.05, 0.1) is 34.4 Å². The zero-order chi connectivity index (χ0) is 56.9. The van der Waals surface area contributed by atoms with Crippen molar-refractivity contribution in [3.8, 4) is 0 Å². The van der Waals surface area contributed by atoms with Crippen molar-refractivity contribution >= 4 is 17.9 Å². The molecule has 0 heterocycles. The van der Waals surface area contributed by atoms with Crippen molar-refractivity contribution in [2.24, 2.45) is 0 Å². The number of carbonyl (C=O) groups excluding carboxylic acids is 2. The van der Waals surface area contributed by atoms with E-state index in [1.54, 1.807) is 0 Å². The van der Waals surface area contributed by atoms with Crippen molar-refractivity contribution in [1.29, 1.82) is 0 Å². The van der Waals surface area contributed by atoms with E-state index in [0.717, 1.165) is 103 Å². The van der Waals surface area contributed by atoms with Crippen molar-refractivity contribution < 1.29 is 42.9 Å². The minimum atomic E-state index is -1.52. The number of carbonyl (C=O) groups is 3. The van der Waals surface area contributed by atoms with Crippen molar-refractivity contribution in [1.82, 2.24) is 0 Å². The van der Waals surface area contributed by atoms with E-state index in [2.05, 4.69) is 123 Å². The minimum Gasteiger partial charge on any atom is -0.477 e. The van der Waals surface area contributed by atoms with Crippen LogP contribution >= 0.6 is 0 Å². The number of nitrogens with zero attached hydrogens (tertiary/aromatic N) is 1. The van der Waals surface area contributed by atoms with Gasteiger partial charge >= 0.3 is 17.9 Å². The van der Waals surface area contributed by atoms with Gasteiger partial charge in [-0.1, -0.05) is 245 Å². The third kappa shape index (κ3) is 59.6. The van der Waals surface area contributed by atoms with Crippen LogP contribution in [0.1, 0.15) is 251 Å². The van der Waals surface area contributed by atoms with Gasteiger partial charge in [0.2, 0.25) is 0 Å². The summed E-state index contributed by atoms with van der Waals surface area (Å²) >= 11 is 0. The molecular weight excluding hydrogens is 971 g/mol. The third-order valence-corrected chi connectivity index (χ3v) is 13.3. The van der Waals surface area contributed by atoms with E-state index in [0.29, 0.717) is 17.4 Å². The van der Waals surface area contributed by atoms with Gasteiger partial charge in [-0.3, -0.25) is 9.59 Å². The lowest BCUT2D eigenvalue weighted by molar-refractivity contribution is -0.870. The van der Waals surface area contributed by atoms with Gasteiger partial charge in [0, 0.05) is 12.8 Å². The summed E-state index contributed by atoms with van der Waals surface area (Å²) in [6, 6.07) is 0. The maximum Gasteiger partial charge on any atom is 0.361 e. The molecule has 0 fully saturated rings. The number of quaternary nitrogens is 1. The predicted molar refractivity (Wildman–Crippen MR) is 332 cm³/mol. The molecular formula is C69H118NO8+. The van der Waals surface area contributed by atoms with Crippen LogP contribution in [0.3, 0.4) is 0 Å². The summed E-state index contributed by atoms with van der Waals surface area (Å²) in [5.74, 6) is -2.02. The van der Waals surface area contributed by atoms with Crippen LogP contribution < -0.4 is 0 Å². The van der Waals surface area contributed by atoms with Crippen molar-refractivity contribution in [3.63, 3.8) is 0 Å². The second-order valence-electron chi connectivity index (χ2n) is 22.0. The first-order valence-corrected chi connectivity index (χ1v) is 31.6. The molecule has 78 heavy (non-hydrogen) atoms.